The van der Waals surface area contributed by atoms with Crippen LogP contribution in [0.15, 0.2) is 48.5 Å². The quantitative estimate of drug-likeness (QED) is 0.776. The fourth-order valence-corrected chi connectivity index (χ4v) is 1.99. The average molecular weight is 303 g/mol. The molecule has 0 saturated heterocycles. The van der Waals surface area contributed by atoms with Crippen LogP contribution in [0.2, 0.25) is 0 Å². The third-order valence-electron chi connectivity index (χ3n) is 2.96. The molecular formula is C15H15ClN4O. The lowest BCUT2D eigenvalue weighted by Gasteiger charge is -2.08. The Morgan fingerprint density at radius 1 is 1.05 bits per heavy atom. The van der Waals surface area contributed by atoms with E-state index in [-0.39, 0.29) is 12.4 Å². The van der Waals surface area contributed by atoms with Gasteiger partial charge in [0.1, 0.15) is 11.6 Å². The molecule has 3 rings (SSSR count). The zero-order valence-corrected chi connectivity index (χ0v) is 12.2. The highest BCUT2D eigenvalue weighted by molar-refractivity contribution is 5.89. The average Bonchev–Trinajstić information content (AvgIpc) is 2.47. The molecule has 0 spiro atoms. The van der Waals surface area contributed by atoms with E-state index in [1.54, 1.807) is 7.11 Å². The van der Waals surface area contributed by atoms with Crippen molar-refractivity contribution in [1.82, 2.24) is 9.97 Å². The number of nitrogens with zero attached hydrogens (tertiary/aromatic N) is 2. The maximum Gasteiger partial charge on any atom is 0.229 e. The Hall–Kier alpha value is -2.53. The Labute approximate surface area is 128 Å². The summed E-state index contributed by atoms with van der Waals surface area (Å²) in [4.78, 5) is 8.71. The molecular weight excluding hydrogens is 288 g/mol. The van der Waals surface area contributed by atoms with Crippen LogP contribution in [0.25, 0.3) is 10.9 Å². The van der Waals surface area contributed by atoms with Gasteiger partial charge in [0.2, 0.25) is 5.95 Å². The van der Waals surface area contributed by atoms with Crippen LogP contribution in [0, 0.1) is 0 Å². The van der Waals surface area contributed by atoms with Gasteiger partial charge in [-0.2, -0.15) is 4.98 Å². The van der Waals surface area contributed by atoms with E-state index in [0.29, 0.717) is 11.8 Å². The van der Waals surface area contributed by atoms with Gasteiger partial charge >= 0.3 is 0 Å². The number of hydrogen-bond acceptors (Lipinski definition) is 5. The van der Waals surface area contributed by atoms with E-state index in [0.717, 1.165) is 22.3 Å². The number of benzene rings is 2. The van der Waals surface area contributed by atoms with Crippen LogP contribution in [-0.2, 0) is 0 Å². The first-order valence-electron chi connectivity index (χ1n) is 6.19. The number of nitrogens with two attached hydrogens (primary N) is 1. The predicted octanol–water partition coefficient (Wildman–Crippen LogP) is 3.39. The number of anilines is 3. The number of rotatable bonds is 3. The van der Waals surface area contributed by atoms with Gasteiger partial charge in [-0.3, -0.25) is 0 Å². The second-order valence-electron chi connectivity index (χ2n) is 4.31. The standard InChI is InChI=1S/C15H14N4O.ClH/c1-20-11-6-4-5-10(9-11)17-15-18-13-8-3-2-7-12(13)14(16)19-15;/h2-9H,1H3,(H3,16,17,18,19);1H. The summed E-state index contributed by atoms with van der Waals surface area (Å²) < 4.78 is 5.18. The molecule has 108 valence electrons. The van der Waals surface area contributed by atoms with E-state index in [9.17, 15) is 0 Å². The zero-order valence-electron chi connectivity index (χ0n) is 11.4. The summed E-state index contributed by atoms with van der Waals surface area (Å²) in [6, 6.07) is 15.2. The molecule has 0 atom stereocenters. The minimum atomic E-state index is 0. The molecule has 0 aliphatic heterocycles. The fourth-order valence-electron chi connectivity index (χ4n) is 1.99. The third-order valence-corrected chi connectivity index (χ3v) is 2.96. The van der Waals surface area contributed by atoms with Crippen molar-refractivity contribution >= 4 is 40.8 Å². The highest BCUT2D eigenvalue weighted by Gasteiger charge is 2.05. The Bertz CT molecular complexity index is 763. The summed E-state index contributed by atoms with van der Waals surface area (Å²) in [5.41, 5.74) is 7.61. The Morgan fingerprint density at radius 2 is 1.86 bits per heavy atom. The Balaban J connectivity index is 0.00000161. The van der Waals surface area contributed by atoms with Crippen molar-refractivity contribution in [3.63, 3.8) is 0 Å². The first-order chi connectivity index (χ1) is 9.76. The second-order valence-corrected chi connectivity index (χ2v) is 4.31. The van der Waals surface area contributed by atoms with Crippen LogP contribution in [0.5, 0.6) is 5.75 Å². The smallest absolute Gasteiger partial charge is 0.229 e. The molecule has 0 bridgehead atoms. The van der Waals surface area contributed by atoms with Crippen molar-refractivity contribution in [2.75, 3.05) is 18.2 Å². The number of halogens is 1. The molecule has 2 aromatic carbocycles. The van der Waals surface area contributed by atoms with Gasteiger partial charge in [-0.05, 0) is 24.3 Å². The fraction of sp³-hybridized carbons (Fsp3) is 0.0667. The lowest BCUT2D eigenvalue weighted by Crippen LogP contribution is -2.01. The van der Waals surface area contributed by atoms with Gasteiger partial charge < -0.3 is 15.8 Å². The Kier molecular flexibility index (Phi) is 4.45. The molecule has 1 aromatic heterocycles. The molecule has 0 amide bonds. The summed E-state index contributed by atoms with van der Waals surface area (Å²) in [6.45, 7) is 0. The van der Waals surface area contributed by atoms with E-state index in [4.69, 9.17) is 10.5 Å². The number of nitrogens with one attached hydrogen (secondary N) is 1. The first kappa shape index (κ1) is 14.9. The number of ether oxygens (including phenoxy) is 1. The van der Waals surface area contributed by atoms with Gasteiger partial charge in [0, 0.05) is 17.1 Å². The second kappa shape index (κ2) is 6.28. The van der Waals surface area contributed by atoms with Crippen LogP contribution in [-0.4, -0.2) is 17.1 Å². The van der Waals surface area contributed by atoms with Crippen molar-refractivity contribution in [2.45, 2.75) is 0 Å². The van der Waals surface area contributed by atoms with Gasteiger partial charge in [0.15, 0.2) is 0 Å². The summed E-state index contributed by atoms with van der Waals surface area (Å²) >= 11 is 0. The molecule has 0 unspecified atom stereocenters. The van der Waals surface area contributed by atoms with Crippen molar-refractivity contribution in [2.24, 2.45) is 0 Å². The molecule has 0 saturated carbocycles. The van der Waals surface area contributed by atoms with Crippen LogP contribution in [0.3, 0.4) is 0 Å². The van der Waals surface area contributed by atoms with Crippen molar-refractivity contribution in [3.8, 4) is 5.75 Å². The van der Waals surface area contributed by atoms with E-state index in [1.165, 1.54) is 0 Å². The molecule has 0 aliphatic rings. The number of para-hydroxylation sites is 1. The van der Waals surface area contributed by atoms with Crippen LogP contribution in [0.1, 0.15) is 0 Å². The van der Waals surface area contributed by atoms with Crippen LogP contribution >= 0.6 is 12.4 Å². The summed E-state index contributed by atoms with van der Waals surface area (Å²) in [5, 5.41) is 3.98. The van der Waals surface area contributed by atoms with Gasteiger partial charge in [-0.15, -0.1) is 12.4 Å². The predicted molar refractivity (Wildman–Crippen MR) is 87.5 cm³/mol. The number of aromatic nitrogens is 2. The van der Waals surface area contributed by atoms with Gasteiger partial charge in [-0.25, -0.2) is 4.98 Å². The molecule has 1 heterocycles. The largest absolute Gasteiger partial charge is 0.497 e. The first-order valence-corrected chi connectivity index (χ1v) is 6.19. The molecule has 21 heavy (non-hydrogen) atoms. The van der Waals surface area contributed by atoms with Gasteiger partial charge in [0.25, 0.3) is 0 Å². The molecule has 5 nitrogen and oxygen atoms in total. The Morgan fingerprint density at radius 3 is 2.67 bits per heavy atom. The number of fused-ring (bicyclic) bond motifs is 1. The summed E-state index contributed by atoms with van der Waals surface area (Å²) in [5.74, 6) is 1.69. The van der Waals surface area contributed by atoms with Crippen molar-refractivity contribution in [1.29, 1.82) is 0 Å². The monoisotopic (exact) mass is 302 g/mol. The maximum absolute atomic E-state index is 5.95. The van der Waals surface area contributed by atoms with Crippen molar-refractivity contribution in [3.05, 3.63) is 48.5 Å². The number of hydrogen-bond donors (Lipinski definition) is 2. The molecule has 0 fully saturated rings. The lowest BCUT2D eigenvalue weighted by atomic mass is 10.2. The van der Waals surface area contributed by atoms with Crippen molar-refractivity contribution < 1.29 is 4.74 Å². The van der Waals surface area contributed by atoms with Gasteiger partial charge in [0.05, 0.1) is 12.6 Å². The highest BCUT2D eigenvalue weighted by Crippen LogP contribution is 2.23. The van der Waals surface area contributed by atoms with E-state index in [2.05, 4.69) is 15.3 Å². The molecule has 3 N–H and O–H groups in total. The van der Waals surface area contributed by atoms with E-state index >= 15 is 0 Å². The minimum absolute atomic E-state index is 0. The third kappa shape index (κ3) is 3.14. The molecule has 3 aromatic rings. The number of nitrogen functional groups attached to an aromatic ring is 1. The molecule has 0 aliphatic carbocycles. The van der Waals surface area contributed by atoms with Gasteiger partial charge in [-0.1, -0.05) is 18.2 Å². The lowest BCUT2D eigenvalue weighted by molar-refractivity contribution is 0.415. The van der Waals surface area contributed by atoms with Crippen LogP contribution < -0.4 is 15.8 Å². The zero-order chi connectivity index (χ0) is 13.9. The SMILES string of the molecule is COc1cccc(Nc2nc(N)c3ccccc3n2)c1.Cl. The topological polar surface area (TPSA) is 73.1 Å². The molecule has 0 radical (unpaired) electrons. The van der Waals surface area contributed by atoms with Crippen LogP contribution in [0.4, 0.5) is 17.5 Å². The minimum Gasteiger partial charge on any atom is -0.497 e. The number of methoxy groups -OCH3 is 1. The normalized spacial score (nSPS) is 9.95. The van der Waals surface area contributed by atoms with E-state index in [1.807, 2.05) is 48.5 Å². The van der Waals surface area contributed by atoms with E-state index < -0.39 is 0 Å². The highest BCUT2D eigenvalue weighted by atomic mass is 35.5. The maximum atomic E-state index is 5.95. The summed E-state index contributed by atoms with van der Waals surface area (Å²) in [7, 11) is 1.63. The summed E-state index contributed by atoms with van der Waals surface area (Å²) in [6.07, 6.45) is 0. The molecule has 6 heteroatoms.